The Kier molecular flexibility index (Phi) is 7.50. The maximum atomic E-state index is 13.2. The van der Waals surface area contributed by atoms with E-state index in [9.17, 15) is 18.0 Å². The number of benzene rings is 3. The van der Waals surface area contributed by atoms with Gasteiger partial charge in [-0.2, -0.15) is 0 Å². The molecule has 1 amide bonds. The monoisotopic (exact) mass is 505 g/mol. The third-order valence-corrected chi connectivity index (χ3v) is 7.63. The Balaban J connectivity index is 1.55. The fourth-order valence-electron chi connectivity index (χ4n) is 3.45. The zero-order valence-electron chi connectivity index (χ0n) is 18.9. The first kappa shape index (κ1) is 24.5. The summed E-state index contributed by atoms with van der Waals surface area (Å²) >= 11 is 1.13. The summed E-state index contributed by atoms with van der Waals surface area (Å²) in [7, 11) is -3.55. The molecule has 1 aromatic heterocycles. The lowest BCUT2D eigenvalue weighted by atomic mass is 10.1. The van der Waals surface area contributed by atoms with Crippen LogP contribution in [0.2, 0.25) is 0 Å². The molecule has 9 heteroatoms. The standard InChI is InChI=1S/C26H23N3O4S2/c1-2-27-35(32,33)21-15-13-18(14-16-21)17-22(30)28-26-29-23(19-9-5-3-6-10-19)25(34-26)24(31)20-11-7-4-8-12-20/h3-16,27H,2,17H2,1H3,(H,28,29,30). The number of carbonyl (C=O) groups excluding carboxylic acids is 2. The number of sulfonamides is 1. The van der Waals surface area contributed by atoms with Crippen molar-refractivity contribution in [2.75, 3.05) is 11.9 Å². The third-order valence-electron chi connectivity index (χ3n) is 5.10. The van der Waals surface area contributed by atoms with Gasteiger partial charge in [-0.05, 0) is 17.7 Å². The summed E-state index contributed by atoms with van der Waals surface area (Å²) in [6.45, 7) is 2.00. The highest BCUT2D eigenvalue weighted by Gasteiger charge is 2.22. The number of aromatic nitrogens is 1. The largest absolute Gasteiger partial charge is 0.302 e. The molecular formula is C26H23N3O4S2. The highest BCUT2D eigenvalue weighted by atomic mass is 32.2. The Bertz CT molecular complexity index is 1430. The summed E-state index contributed by atoms with van der Waals surface area (Å²) in [5, 5.41) is 3.10. The Morgan fingerprint density at radius 1 is 0.886 bits per heavy atom. The van der Waals surface area contributed by atoms with Crippen LogP contribution in [0.3, 0.4) is 0 Å². The number of rotatable bonds is 9. The van der Waals surface area contributed by atoms with Gasteiger partial charge in [0.1, 0.15) is 4.88 Å². The fraction of sp³-hybridized carbons (Fsp3) is 0.115. The molecule has 3 aromatic carbocycles. The molecule has 0 saturated heterocycles. The second kappa shape index (κ2) is 10.7. The van der Waals surface area contributed by atoms with E-state index in [2.05, 4.69) is 15.0 Å². The average molecular weight is 506 g/mol. The molecule has 0 aliphatic carbocycles. The van der Waals surface area contributed by atoms with Gasteiger partial charge in [-0.25, -0.2) is 18.1 Å². The van der Waals surface area contributed by atoms with Gasteiger partial charge in [0.05, 0.1) is 17.0 Å². The number of anilines is 1. The van der Waals surface area contributed by atoms with Crippen LogP contribution in [-0.2, 0) is 21.2 Å². The maximum Gasteiger partial charge on any atom is 0.240 e. The summed E-state index contributed by atoms with van der Waals surface area (Å²) in [6.07, 6.45) is 0.0315. The first-order valence-electron chi connectivity index (χ1n) is 10.9. The Hall–Kier alpha value is -3.66. The van der Waals surface area contributed by atoms with Gasteiger partial charge in [0.15, 0.2) is 5.13 Å². The number of nitrogens with zero attached hydrogens (tertiary/aromatic N) is 1. The molecule has 0 aliphatic heterocycles. The van der Waals surface area contributed by atoms with Gasteiger partial charge in [-0.3, -0.25) is 9.59 Å². The van der Waals surface area contributed by atoms with E-state index in [-0.39, 0.29) is 23.0 Å². The summed E-state index contributed by atoms with van der Waals surface area (Å²) in [6, 6.07) is 24.4. The van der Waals surface area contributed by atoms with E-state index >= 15 is 0 Å². The van der Waals surface area contributed by atoms with Crippen LogP contribution in [-0.4, -0.2) is 31.6 Å². The number of thiazole rings is 1. The van der Waals surface area contributed by atoms with Crippen LogP contribution >= 0.6 is 11.3 Å². The van der Waals surface area contributed by atoms with Crippen molar-refractivity contribution in [3.05, 3.63) is 101 Å². The van der Waals surface area contributed by atoms with Crippen LogP contribution in [0.1, 0.15) is 27.7 Å². The molecule has 2 N–H and O–H groups in total. The van der Waals surface area contributed by atoms with E-state index < -0.39 is 10.0 Å². The molecule has 178 valence electrons. The van der Waals surface area contributed by atoms with E-state index in [0.717, 1.165) is 16.9 Å². The average Bonchev–Trinajstić information content (AvgIpc) is 3.28. The molecule has 35 heavy (non-hydrogen) atoms. The minimum absolute atomic E-state index is 0.0315. The smallest absolute Gasteiger partial charge is 0.240 e. The molecule has 0 radical (unpaired) electrons. The van der Waals surface area contributed by atoms with Gasteiger partial charge >= 0.3 is 0 Å². The van der Waals surface area contributed by atoms with E-state index in [1.165, 1.54) is 12.1 Å². The molecule has 0 saturated carbocycles. The van der Waals surface area contributed by atoms with Crippen molar-refractivity contribution in [2.24, 2.45) is 0 Å². The summed E-state index contributed by atoms with van der Waals surface area (Å²) in [5.41, 5.74) is 2.48. The van der Waals surface area contributed by atoms with E-state index in [1.54, 1.807) is 43.3 Å². The van der Waals surface area contributed by atoms with Gasteiger partial charge in [-0.1, -0.05) is 91.1 Å². The summed E-state index contributed by atoms with van der Waals surface area (Å²) < 4.78 is 26.6. The van der Waals surface area contributed by atoms with Crippen LogP contribution in [0.15, 0.2) is 89.8 Å². The van der Waals surface area contributed by atoms with Crippen molar-refractivity contribution >= 4 is 38.2 Å². The Morgan fingerprint density at radius 3 is 2.14 bits per heavy atom. The minimum atomic E-state index is -3.55. The highest BCUT2D eigenvalue weighted by molar-refractivity contribution is 7.89. The second-order valence-electron chi connectivity index (χ2n) is 7.63. The van der Waals surface area contributed by atoms with E-state index in [0.29, 0.717) is 33.4 Å². The van der Waals surface area contributed by atoms with E-state index in [4.69, 9.17) is 0 Å². The van der Waals surface area contributed by atoms with Gasteiger partial charge in [0, 0.05) is 17.7 Å². The minimum Gasteiger partial charge on any atom is -0.302 e. The number of hydrogen-bond acceptors (Lipinski definition) is 6. The fourth-order valence-corrected chi connectivity index (χ4v) is 5.46. The third kappa shape index (κ3) is 5.89. The molecule has 0 spiro atoms. The van der Waals surface area contributed by atoms with Gasteiger partial charge in [0.2, 0.25) is 21.7 Å². The molecule has 0 bridgehead atoms. The first-order chi connectivity index (χ1) is 16.9. The van der Waals surface area contributed by atoms with E-state index in [1.807, 2.05) is 36.4 Å². The molecule has 4 rings (SSSR count). The Labute approximate surface area is 207 Å². The molecule has 0 atom stereocenters. The lowest BCUT2D eigenvalue weighted by Gasteiger charge is -2.06. The predicted octanol–water partition coefficient (Wildman–Crippen LogP) is 4.52. The molecule has 1 heterocycles. The van der Waals surface area contributed by atoms with Crippen molar-refractivity contribution in [3.8, 4) is 11.3 Å². The lowest BCUT2D eigenvalue weighted by molar-refractivity contribution is -0.115. The summed E-state index contributed by atoms with van der Waals surface area (Å²) in [4.78, 5) is 31.0. The highest BCUT2D eigenvalue weighted by Crippen LogP contribution is 2.33. The Morgan fingerprint density at radius 2 is 1.51 bits per heavy atom. The molecule has 4 aromatic rings. The number of carbonyl (C=O) groups is 2. The molecule has 7 nitrogen and oxygen atoms in total. The second-order valence-corrected chi connectivity index (χ2v) is 10.4. The van der Waals surface area contributed by atoms with Crippen molar-refractivity contribution in [1.29, 1.82) is 0 Å². The van der Waals surface area contributed by atoms with Crippen molar-refractivity contribution < 1.29 is 18.0 Å². The van der Waals surface area contributed by atoms with Gasteiger partial charge in [0.25, 0.3) is 0 Å². The van der Waals surface area contributed by atoms with Crippen LogP contribution in [0.4, 0.5) is 5.13 Å². The number of hydrogen-bond donors (Lipinski definition) is 2. The number of nitrogens with one attached hydrogen (secondary N) is 2. The number of amides is 1. The normalized spacial score (nSPS) is 11.2. The lowest BCUT2D eigenvalue weighted by Crippen LogP contribution is -2.23. The maximum absolute atomic E-state index is 13.2. The molecular weight excluding hydrogens is 482 g/mol. The SMILES string of the molecule is CCNS(=O)(=O)c1ccc(CC(=O)Nc2nc(-c3ccccc3)c(C(=O)c3ccccc3)s2)cc1. The predicted molar refractivity (Wildman–Crippen MR) is 137 cm³/mol. The molecule has 0 aliphatic rings. The first-order valence-corrected chi connectivity index (χ1v) is 13.2. The zero-order chi connectivity index (χ0) is 24.8. The number of ketones is 1. The van der Waals surface area contributed by atoms with Crippen LogP contribution in [0.5, 0.6) is 0 Å². The molecule has 0 unspecified atom stereocenters. The molecule has 0 fully saturated rings. The van der Waals surface area contributed by atoms with Crippen LogP contribution < -0.4 is 10.0 Å². The van der Waals surface area contributed by atoms with Crippen molar-refractivity contribution in [1.82, 2.24) is 9.71 Å². The van der Waals surface area contributed by atoms with Gasteiger partial charge in [-0.15, -0.1) is 0 Å². The van der Waals surface area contributed by atoms with Crippen LogP contribution in [0.25, 0.3) is 11.3 Å². The van der Waals surface area contributed by atoms with Gasteiger partial charge < -0.3 is 5.32 Å². The van der Waals surface area contributed by atoms with Crippen LogP contribution in [0, 0.1) is 0 Å². The zero-order valence-corrected chi connectivity index (χ0v) is 20.5. The summed E-state index contributed by atoms with van der Waals surface area (Å²) in [5.74, 6) is -0.487. The topological polar surface area (TPSA) is 105 Å². The quantitative estimate of drug-likeness (QED) is 0.326. The van der Waals surface area contributed by atoms with Crippen molar-refractivity contribution in [3.63, 3.8) is 0 Å². The van der Waals surface area contributed by atoms with Crippen molar-refractivity contribution in [2.45, 2.75) is 18.2 Å².